The van der Waals surface area contributed by atoms with Gasteiger partial charge in [-0.3, -0.25) is 4.79 Å². The third kappa shape index (κ3) is 5.12. The lowest BCUT2D eigenvalue weighted by molar-refractivity contribution is -0.117. The predicted molar refractivity (Wildman–Crippen MR) is 110 cm³/mol. The van der Waals surface area contributed by atoms with Crippen LogP contribution in [-0.4, -0.2) is 18.6 Å². The normalized spacial score (nSPS) is 14.8. The van der Waals surface area contributed by atoms with Gasteiger partial charge in [-0.1, -0.05) is 18.8 Å². The molecule has 4 nitrogen and oxygen atoms in total. The molecule has 124 valence electrons. The standard InChI is InChI=1S/C18H16I2N2O2/c1-2-7-24-17-15(19)9-12(10-16(17)20)8-13(11-21)18(23)22-14-5-3-4-6-14/h1,8-10,14H,3-7H2,(H,22,23)/b13-8-. The highest BCUT2D eigenvalue weighted by Gasteiger charge is 2.19. The molecule has 1 saturated carbocycles. The minimum Gasteiger partial charge on any atom is -0.479 e. The topological polar surface area (TPSA) is 62.1 Å². The molecule has 1 aromatic rings. The summed E-state index contributed by atoms with van der Waals surface area (Å²) in [7, 11) is 0. The molecular formula is C18H16I2N2O2. The minimum absolute atomic E-state index is 0.116. The van der Waals surface area contributed by atoms with Gasteiger partial charge in [0.15, 0.2) is 0 Å². The Kier molecular flexibility index (Phi) is 7.38. The molecule has 1 aliphatic rings. The maximum Gasteiger partial charge on any atom is 0.262 e. The number of benzene rings is 1. The molecule has 24 heavy (non-hydrogen) atoms. The van der Waals surface area contributed by atoms with Crippen LogP contribution in [0, 0.1) is 30.8 Å². The maximum atomic E-state index is 12.3. The second-order valence-corrected chi connectivity index (χ2v) is 7.76. The highest BCUT2D eigenvalue weighted by Crippen LogP contribution is 2.29. The van der Waals surface area contributed by atoms with Crippen LogP contribution in [0.5, 0.6) is 5.75 Å². The average molecular weight is 546 g/mol. The average Bonchev–Trinajstić information content (AvgIpc) is 3.04. The number of hydrogen-bond acceptors (Lipinski definition) is 3. The number of ether oxygens (including phenoxy) is 1. The van der Waals surface area contributed by atoms with Crippen LogP contribution in [0.25, 0.3) is 6.08 Å². The summed E-state index contributed by atoms with van der Waals surface area (Å²) >= 11 is 4.31. The van der Waals surface area contributed by atoms with Crippen molar-refractivity contribution in [1.29, 1.82) is 5.26 Å². The molecule has 0 spiro atoms. The van der Waals surface area contributed by atoms with Gasteiger partial charge in [0.2, 0.25) is 0 Å². The minimum atomic E-state index is -0.304. The second kappa shape index (κ2) is 9.28. The maximum absolute atomic E-state index is 12.3. The van der Waals surface area contributed by atoms with Crippen LogP contribution in [0.3, 0.4) is 0 Å². The molecule has 0 bridgehead atoms. The molecular weight excluding hydrogens is 530 g/mol. The molecule has 1 fully saturated rings. The lowest BCUT2D eigenvalue weighted by atomic mass is 10.1. The number of halogens is 2. The predicted octanol–water partition coefficient (Wildman–Crippen LogP) is 3.87. The Bertz CT molecular complexity index is 715. The first-order chi connectivity index (χ1) is 11.5. The smallest absolute Gasteiger partial charge is 0.262 e. The molecule has 1 aromatic carbocycles. The van der Waals surface area contributed by atoms with Crippen molar-refractivity contribution >= 4 is 57.2 Å². The van der Waals surface area contributed by atoms with Crippen LogP contribution < -0.4 is 10.1 Å². The number of rotatable bonds is 5. The van der Waals surface area contributed by atoms with E-state index < -0.39 is 0 Å². The quantitative estimate of drug-likeness (QED) is 0.264. The first kappa shape index (κ1) is 19.1. The van der Waals surface area contributed by atoms with Gasteiger partial charge in [0.05, 0.1) is 7.14 Å². The number of nitrogens with zero attached hydrogens (tertiary/aromatic N) is 1. The number of amides is 1. The molecule has 0 heterocycles. The second-order valence-electron chi connectivity index (χ2n) is 5.43. The summed E-state index contributed by atoms with van der Waals surface area (Å²) in [6.07, 6.45) is 11.1. The van der Waals surface area contributed by atoms with Crippen molar-refractivity contribution < 1.29 is 9.53 Å². The summed E-state index contributed by atoms with van der Waals surface area (Å²) in [6.45, 7) is 0.203. The monoisotopic (exact) mass is 546 g/mol. The Morgan fingerprint density at radius 3 is 2.54 bits per heavy atom. The number of carbonyl (C=O) groups excluding carboxylic acids is 1. The molecule has 1 N–H and O–H groups in total. The molecule has 1 aliphatic carbocycles. The number of terminal acetylenes is 1. The van der Waals surface area contributed by atoms with Crippen LogP contribution in [0.2, 0.25) is 0 Å². The Morgan fingerprint density at radius 1 is 1.38 bits per heavy atom. The van der Waals surface area contributed by atoms with Gasteiger partial charge in [0.1, 0.15) is 24.0 Å². The SMILES string of the molecule is C#CCOc1c(I)cc(/C=C(/C#N)C(=O)NC2CCCC2)cc1I. The highest BCUT2D eigenvalue weighted by atomic mass is 127. The zero-order chi connectivity index (χ0) is 17.5. The van der Waals surface area contributed by atoms with Crippen LogP contribution in [0.1, 0.15) is 31.2 Å². The fourth-order valence-corrected chi connectivity index (χ4v) is 4.69. The van der Waals surface area contributed by atoms with Gasteiger partial charge in [-0.05, 0) is 81.8 Å². The number of nitrogens with one attached hydrogen (secondary N) is 1. The largest absolute Gasteiger partial charge is 0.479 e. The number of hydrogen-bond donors (Lipinski definition) is 1. The van der Waals surface area contributed by atoms with Gasteiger partial charge in [-0.2, -0.15) is 5.26 Å². The zero-order valence-corrected chi connectivity index (χ0v) is 17.3. The van der Waals surface area contributed by atoms with Crippen LogP contribution in [0.15, 0.2) is 17.7 Å². The van der Waals surface area contributed by atoms with Crippen molar-refractivity contribution in [3.8, 4) is 24.2 Å². The van der Waals surface area contributed by atoms with Crippen molar-refractivity contribution in [3.63, 3.8) is 0 Å². The first-order valence-electron chi connectivity index (χ1n) is 7.53. The Hall–Kier alpha value is -1.26. The van der Waals surface area contributed by atoms with E-state index in [0.29, 0.717) is 0 Å². The summed E-state index contributed by atoms with van der Waals surface area (Å²) in [5, 5.41) is 12.2. The molecule has 0 aliphatic heterocycles. The van der Waals surface area contributed by atoms with E-state index in [1.165, 1.54) is 0 Å². The van der Waals surface area contributed by atoms with Gasteiger partial charge in [0.25, 0.3) is 5.91 Å². The van der Waals surface area contributed by atoms with E-state index in [2.05, 4.69) is 56.4 Å². The summed E-state index contributed by atoms with van der Waals surface area (Å²) in [5.74, 6) is 2.86. The van der Waals surface area contributed by atoms with Crippen molar-refractivity contribution in [2.45, 2.75) is 31.7 Å². The number of nitriles is 1. The van der Waals surface area contributed by atoms with E-state index >= 15 is 0 Å². The Morgan fingerprint density at radius 2 is 2.00 bits per heavy atom. The fraction of sp³-hybridized carbons (Fsp3) is 0.333. The van der Waals surface area contributed by atoms with Gasteiger partial charge in [-0.15, -0.1) is 6.42 Å². The Labute approximate surface area is 169 Å². The third-order valence-electron chi connectivity index (χ3n) is 3.69. The van der Waals surface area contributed by atoms with Crippen molar-refractivity contribution in [3.05, 3.63) is 30.4 Å². The van der Waals surface area contributed by atoms with Gasteiger partial charge < -0.3 is 10.1 Å². The Balaban J connectivity index is 2.19. The fourth-order valence-electron chi connectivity index (χ4n) is 2.56. The van der Waals surface area contributed by atoms with Gasteiger partial charge >= 0.3 is 0 Å². The highest BCUT2D eigenvalue weighted by molar-refractivity contribution is 14.1. The van der Waals surface area contributed by atoms with Crippen LogP contribution in [-0.2, 0) is 4.79 Å². The van der Waals surface area contributed by atoms with E-state index in [0.717, 1.165) is 44.1 Å². The van der Waals surface area contributed by atoms with Gasteiger partial charge in [0, 0.05) is 6.04 Å². The summed E-state index contributed by atoms with van der Waals surface area (Å²) < 4.78 is 7.29. The lowest BCUT2D eigenvalue weighted by Gasteiger charge is -2.12. The molecule has 0 aromatic heterocycles. The van der Waals surface area contributed by atoms with Crippen molar-refractivity contribution in [1.82, 2.24) is 5.32 Å². The molecule has 1 amide bonds. The lowest BCUT2D eigenvalue weighted by Crippen LogP contribution is -2.33. The van der Waals surface area contributed by atoms with Crippen molar-refractivity contribution in [2.24, 2.45) is 0 Å². The molecule has 0 saturated heterocycles. The van der Waals surface area contributed by atoms with Crippen LogP contribution >= 0.6 is 45.2 Å². The van der Waals surface area contributed by atoms with E-state index in [9.17, 15) is 10.1 Å². The van der Waals surface area contributed by atoms with E-state index in [4.69, 9.17) is 11.2 Å². The van der Waals surface area contributed by atoms with Crippen molar-refractivity contribution in [2.75, 3.05) is 6.61 Å². The third-order valence-corrected chi connectivity index (χ3v) is 5.29. The van der Waals surface area contributed by atoms with Crippen LogP contribution in [0.4, 0.5) is 0 Å². The zero-order valence-electron chi connectivity index (χ0n) is 12.9. The van der Waals surface area contributed by atoms with Gasteiger partial charge in [-0.25, -0.2) is 0 Å². The summed E-state index contributed by atoms with van der Waals surface area (Å²) in [4.78, 5) is 12.3. The summed E-state index contributed by atoms with van der Waals surface area (Å²) in [6, 6.07) is 5.93. The first-order valence-corrected chi connectivity index (χ1v) is 9.69. The molecule has 0 unspecified atom stereocenters. The number of carbonyl (C=O) groups is 1. The van der Waals surface area contributed by atoms with E-state index in [1.807, 2.05) is 18.2 Å². The molecule has 0 atom stereocenters. The molecule has 6 heteroatoms. The van der Waals surface area contributed by atoms with E-state index in [-0.39, 0.29) is 24.1 Å². The van der Waals surface area contributed by atoms with E-state index in [1.54, 1.807) is 6.08 Å². The molecule has 0 radical (unpaired) electrons. The molecule has 2 rings (SSSR count). The summed E-state index contributed by atoms with van der Waals surface area (Å²) in [5.41, 5.74) is 0.903.